The van der Waals surface area contributed by atoms with Gasteiger partial charge >= 0.3 is 0 Å². The van der Waals surface area contributed by atoms with Gasteiger partial charge in [0.05, 0.1) is 17.2 Å². The molecule has 4 rings (SSSR count). The Labute approximate surface area is 120 Å². The maximum atomic E-state index is 12.9. The number of ketones is 1. The number of aliphatic hydroxyl groups excluding tert-OH is 1. The molecule has 2 saturated carbocycles. The first-order chi connectivity index (χ1) is 9.42. The summed E-state index contributed by atoms with van der Waals surface area (Å²) in [4.78, 5) is 15.3. The highest BCUT2D eigenvalue weighted by atomic mass is 16.3. The van der Waals surface area contributed by atoms with Crippen LogP contribution in [-0.2, 0) is 4.79 Å². The molecule has 0 bridgehead atoms. The lowest BCUT2D eigenvalue weighted by molar-refractivity contribution is -0.185. The van der Waals surface area contributed by atoms with Crippen molar-refractivity contribution in [2.24, 2.45) is 11.3 Å². The van der Waals surface area contributed by atoms with E-state index in [1.165, 1.54) is 0 Å². The summed E-state index contributed by atoms with van der Waals surface area (Å²) in [6.45, 7) is 3.82. The molecular formula is C16H25NO3. The fraction of sp³-hybridized carbons (Fsp3) is 0.938. The normalized spacial score (nSPS) is 55.5. The molecule has 5 atom stereocenters. The molecule has 2 N–H and O–H groups in total. The Kier molecular flexibility index (Phi) is 2.54. The molecule has 2 aliphatic carbocycles. The van der Waals surface area contributed by atoms with Crippen molar-refractivity contribution in [2.45, 2.75) is 69.1 Å². The van der Waals surface area contributed by atoms with Crippen molar-refractivity contribution in [3.8, 4) is 0 Å². The Morgan fingerprint density at radius 2 is 1.90 bits per heavy atom. The number of carbonyl (C=O) groups excluding carboxylic acids is 1. The van der Waals surface area contributed by atoms with Gasteiger partial charge in [-0.2, -0.15) is 0 Å². The van der Waals surface area contributed by atoms with Crippen LogP contribution < -0.4 is 0 Å². The molecule has 0 radical (unpaired) electrons. The quantitative estimate of drug-likeness (QED) is 0.697. The Balaban J connectivity index is 1.85. The molecule has 4 heteroatoms. The summed E-state index contributed by atoms with van der Waals surface area (Å²) in [5, 5.41) is 21.3. The molecule has 2 spiro atoms. The van der Waals surface area contributed by atoms with Gasteiger partial charge in [0, 0.05) is 18.3 Å². The zero-order valence-electron chi connectivity index (χ0n) is 12.3. The predicted molar refractivity (Wildman–Crippen MR) is 74.2 cm³/mol. The lowest BCUT2D eigenvalue weighted by Crippen LogP contribution is -2.68. The first-order valence-corrected chi connectivity index (χ1v) is 8.11. The topological polar surface area (TPSA) is 60.8 Å². The highest BCUT2D eigenvalue weighted by Gasteiger charge is 2.73. The highest BCUT2D eigenvalue weighted by molar-refractivity contribution is 5.93. The molecular weight excluding hydrogens is 254 g/mol. The van der Waals surface area contributed by atoms with Gasteiger partial charge in [-0.05, 0) is 58.0 Å². The number of hydrogen-bond donors (Lipinski definition) is 2. The Bertz CT molecular complexity index is 463. The van der Waals surface area contributed by atoms with E-state index in [2.05, 4.69) is 4.90 Å². The summed E-state index contributed by atoms with van der Waals surface area (Å²) < 4.78 is 0. The third kappa shape index (κ3) is 1.31. The molecule has 2 heterocycles. The maximum Gasteiger partial charge on any atom is 0.154 e. The molecule has 4 fully saturated rings. The van der Waals surface area contributed by atoms with Crippen molar-refractivity contribution >= 4 is 5.78 Å². The molecule has 112 valence electrons. The zero-order valence-corrected chi connectivity index (χ0v) is 12.3. The van der Waals surface area contributed by atoms with E-state index in [9.17, 15) is 15.0 Å². The van der Waals surface area contributed by atoms with Gasteiger partial charge in [0.15, 0.2) is 5.78 Å². The molecule has 20 heavy (non-hydrogen) atoms. The van der Waals surface area contributed by atoms with Gasteiger partial charge in [-0.1, -0.05) is 0 Å². The number of piperidine rings is 1. The maximum absolute atomic E-state index is 12.9. The SMILES string of the molecule is C[C@]1(O)C[C@H]2CC(=O)[C@]34CCCN3CCCC24[C@@H](O)C1. The van der Waals surface area contributed by atoms with E-state index < -0.39 is 17.2 Å². The van der Waals surface area contributed by atoms with Crippen molar-refractivity contribution in [3.63, 3.8) is 0 Å². The van der Waals surface area contributed by atoms with Crippen LogP contribution in [-0.4, -0.2) is 51.2 Å². The molecule has 0 aromatic carbocycles. The van der Waals surface area contributed by atoms with E-state index >= 15 is 0 Å². The number of Topliss-reactive ketones (excluding diaryl/α,β-unsaturated/α-hetero) is 1. The second-order valence-corrected chi connectivity index (χ2v) is 7.84. The van der Waals surface area contributed by atoms with E-state index in [0.29, 0.717) is 25.0 Å². The predicted octanol–water partition coefficient (Wildman–Crippen LogP) is 1.10. The van der Waals surface area contributed by atoms with Crippen LogP contribution in [0.1, 0.15) is 51.9 Å². The van der Waals surface area contributed by atoms with Gasteiger partial charge in [0.25, 0.3) is 0 Å². The zero-order chi connectivity index (χ0) is 14.2. The van der Waals surface area contributed by atoms with Crippen LogP contribution in [0.15, 0.2) is 0 Å². The summed E-state index contributed by atoms with van der Waals surface area (Å²) in [5.41, 5.74) is -1.49. The van der Waals surface area contributed by atoms with Gasteiger partial charge in [0.1, 0.15) is 0 Å². The average Bonchev–Trinajstić information content (AvgIpc) is 2.88. The van der Waals surface area contributed by atoms with Gasteiger partial charge in [0.2, 0.25) is 0 Å². The van der Waals surface area contributed by atoms with E-state index in [1.54, 1.807) is 0 Å². The summed E-state index contributed by atoms with van der Waals surface area (Å²) in [7, 11) is 0. The van der Waals surface area contributed by atoms with Crippen molar-refractivity contribution in [1.82, 2.24) is 4.90 Å². The monoisotopic (exact) mass is 279 g/mol. The van der Waals surface area contributed by atoms with Gasteiger partial charge in [-0.3, -0.25) is 9.69 Å². The second kappa shape index (κ2) is 3.84. The highest BCUT2D eigenvalue weighted by Crippen LogP contribution is 2.66. The van der Waals surface area contributed by atoms with Gasteiger partial charge < -0.3 is 10.2 Å². The molecule has 0 amide bonds. The number of hydrogen-bond acceptors (Lipinski definition) is 4. The molecule has 4 aliphatic rings. The van der Waals surface area contributed by atoms with Crippen LogP contribution in [0.5, 0.6) is 0 Å². The van der Waals surface area contributed by atoms with E-state index in [-0.39, 0.29) is 11.3 Å². The fourth-order valence-corrected chi connectivity index (χ4v) is 6.35. The number of aliphatic hydroxyl groups is 2. The molecule has 0 aromatic heterocycles. The second-order valence-electron chi connectivity index (χ2n) is 7.84. The lowest BCUT2D eigenvalue weighted by Gasteiger charge is -2.59. The van der Waals surface area contributed by atoms with Gasteiger partial charge in [-0.25, -0.2) is 0 Å². The van der Waals surface area contributed by atoms with Crippen molar-refractivity contribution in [1.29, 1.82) is 0 Å². The summed E-state index contributed by atoms with van der Waals surface area (Å²) in [6, 6.07) is 0. The Morgan fingerprint density at radius 1 is 1.20 bits per heavy atom. The van der Waals surface area contributed by atoms with Crippen molar-refractivity contribution in [3.05, 3.63) is 0 Å². The third-order valence-corrected chi connectivity index (χ3v) is 6.83. The summed E-state index contributed by atoms with van der Waals surface area (Å²) >= 11 is 0. The van der Waals surface area contributed by atoms with Crippen LogP contribution in [0.4, 0.5) is 0 Å². The van der Waals surface area contributed by atoms with E-state index in [0.717, 1.165) is 38.8 Å². The molecule has 4 nitrogen and oxygen atoms in total. The number of rotatable bonds is 0. The first kappa shape index (κ1) is 13.2. The lowest BCUT2D eigenvalue weighted by atomic mass is 9.52. The Morgan fingerprint density at radius 3 is 2.65 bits per heavy atom. The number of carbonyl (C=O) groups is 1. The molecule has 1 unspecified atom stereocenters. The third-order valence-electron chi connectivity index (χ3n) is 6.83. The van der Waals surface area contributed by atoms with Crippen LogP contribution in [0.3, 0.4) is 0 Å². The van der Waals surface area contributed by atoms with Crippen LogP contribution in [0.25, 0.3) is 0 Å². The molecule has 2 aliphatic heterocycles. The standard InChI is InChI=1S/C16H25NO3/c1-14(20)9-11-8-12(18)16-5-3-7-17(16)6-2-4-15(11,16)13(19)10-14/h11,13,19-20H,2-10H2,1H3/t11-,13+,14+,15?,16+/m1/s1. The van der Waals surface area contributed by atoms with Crippen molar-refractivity contribution in [2.75, 3.05) is 13.1 Å². The molecule has 2 saturated heterocycles. The minimum Gasteiger partial charge on any atom is -0.392 e. The van der Waals surface area contributed by atoms with Crippen LogP contribution in [0.2, 0.25) is 0 Å². The minimum atomic E-state index is -0.817. The van der Waals surface area contributed by atoms with E-state index in [1.807, 2.05) is 6.92 Å². The minimum absolute atomic E-state index is 0.162. The largest absolute Gasteiger partial charge is 0.392 e. The summed E-state index contributed by atoms with van der Waals surface area (Å²) in [5.74, 6) is 0.506. The van der Waals surface area contributed by atoms with Gasteiger partial charge in [-0.15, -0.1) is 0 Å². The average molecular weight is 279 g/mol. The fourth-order valence-electron chi connectivity index (χ4n) is 6.35. The van der Waals surface area contributed by atoms with Crippen LogP contribution >= 0.6 is 0 Å². The van der Waals surface area contributed by atoms with Crippen molar-refractivity contribution < 1.29 is 15.0 Å². The van der Waals surface area contributed by atoms with Crippen LogP contribution in [0, 0.1) is 11.3 Å². The first-order valence-electron chi connectivity index (χ1n) is 8.11. The Hall–Kier alpha value is -0.450. The summed E-state index contributed by atoms with van der Waals surface area (Å²) in [6.07, 6.45) is 5.14. The van der Waals surface area contributed by atoms with E-state index in [4.69, 9.17) is 0 Å². The number of nitrogens with zero attached hydrogens (tertiary/aromatic N) is 1. The smallest absolute Gasteiger partial charge is 0.154 e. The molecule has 0 aromatic rings.